The number of anilines is 1. The molecule has 0 aromatic carbocycles. The second kappa shape index (κ2) is 6.30. The molecule has 0 saturated heterocycles. The highest BCUT2D eigenvalue weighted by Gasteiger charge is 2.13. The Labute approximate surface area is 102 Å². The van der Waals surface area contributed by atoms with Crippen molar-refractivity contribution in [3.63, 3.8) is 0 Å². The number of hydrogen-bond acceptors (Lipinski definition) is 4. The van der Waals surface area contributed by atoms with Crippen molar-refractivity contribution in [2.24, 2.45) is 5.41 Å². The van der Waals surface area contributed by atoms with E-state index in [0.29, 0.717) is 10.5 Å². The summed E-state index contributed by atoms with van der Waals surface area (Å²) < 4.78 is 0. The minimum absolute atomic E-state index is 0. The zero-order valence-electron chi connectivity index (χ0n) is 9.54. The summed E-state index contributed by atoms with van der Waals surface area (Å²) in [5.74, 6) is 0. The first-order valence-electron chi connectivity index (χ1n) is 4.94. The fourth-order valence-corrected chi connectivity index (χ4v) is 1.71. The Morgan fingerprint density at radius 1 is 1.53 bits per heavy atom. The molecule has 0 fully saturated rings. The molecule has 5 heteroatoms. The van der Waals surface area contributed by atoms with Gasteiger partial charge >= 0.3 is 0 Å². The van der Waals surface area contributed by atoms with Crippen LogP contribution in [0.1, 0.15) is 32.1 Å². The summed E-state index contributed by atoms with van der Waals surface area (Å²) in [5, 5.41) is 4.07. The second-order valence-electron chi connectivity index (χ2n) is 4.29. The van der Waals surface area contributed by atoms with Gasteiger partial charge in [-0.3, -0.25) is 0 Å². The Balaban J connectivity index is 0.00000196. The average Bonchev–Trinajstić information content (AvgIpc) is 2.51. The number of nitrogens with zero attached hydrogens (tertiary/aromatic N) is 1. The predicted molar refractivity (Wildman–Crippen MR) is 69.6 cm³/mol. The van der Waals surface area contributed by atoms with Crippen LogP contribution in [0.25, 0.3) is 0 Å². The van der Waals surface area contributed by atoms with Crippen molar-refractivity contribution in [1.82, 2.24) is 10.3 Å². The Hall–Kier alpha value is -0.320. The van der Waals surface area contributed by atoms with Crippen molar-refractivity contribution in [1.29, 1.82) is 0 Å². The highest BCUT2D eigenvalue weighted by molar-refractivity contribution is 7.15. The number of halogens is 1. The average molecular weight is 250 g/mol. The normalized spacial score (nSPS) is 11.1. The van der Waals surface area contributed by atoms with Crippen LogP contribution in [0.4, 0.5) is 5.13 Å². The van der Waals surface area contributed by atoms with Crippen molar-refractivity contribution < 1.29 is 0 Å². The van der Waals surface area contributed by atoms with Gasteiger partial charge in [-0.2, -0.15) is 0 Å². The molecule has 0 aliphatic heterocycles. The van der Waals surface area contributed by atoms with Gasteiger partial charge in [-0.25, -0.2) is 4.98 Å². The minimum atomic E-state index is 0. The van der Waals surface area contributed by atoms with Crippen LogP contribution in [-0.2, 0) is 6.54 Å². The molecule has 0 aliphatic carbocycles. The number of hydrogen-bond donors (Lipinski definition) is 2. The summed E-state index contributed by atoms with van der Waals surface area (Å²) in [6.45, 7) is 8.65. The van der Waals surface area contributed by atoms with E-state index in [0.717, 1.165) is 13.1 Å². The molecule has 1 rings (SSSR count). The summed E-state index contributed by atoms with van der Waals surface area (Å²) in [6, 6.07) is 0. The monoisotopic (exact) mass is 249 g/mol. The van der Waals surface area contributed by atoms with Gasteiger partial charge in [0.25, 0.3) is 0 Å². The van der Waals surface area contributed by atoms with E-state index < -0.39 is 0 Å². The van der Waals surface area contributed by atoms with Crippen LogP contribution in [-0.4, -0.2) is 11.5 Å². The van der Waals surface area contributed by atoms with Gasteiger partial charge in [-0.05, 0) is 11.8 Å². The van der Waals surface area contributed by atoms with Crippen molar-refractivity contribution in [2.45, 2.75) is 33.7 Å². The van der Waals surface area contributed by atoms with E-state index in [9.17, 15) is 0 Å². The summed E-state index contributed by atoms with van der Waals surface area (Å²) in [7, 11) is 0. The molecule has 3 N–H and O–H groups in total. The molecule has 0 unspecified atom stereocenters. The Kier molecular flexibility index (Phi) is 6.17. The van der Waals surface area contributed by atoms with Crippen LogP contribution < -0.4 is 11.1 Å². The van der Waals surface area contributed by atoms with Gasteiger partial charge in [0.15, 0.2) is 5.13 Å². The number of aromatic nitrogens is 1. The van der Waals surface area contributed by atoms with Crippen molar-refractivity contribution >= 4 is 28.9 Å². The quantitative estimate of drug-likeness (QED) is 0.844. The smallest absolute Gasteiger partial charge is 0.180 e. The fourth-order valence-electron chi connectivity index (χ4n) is 1.05. The number of thiazole rings is 1. The van der Waals surface area contributed by atoms with E-state index in [4.69, 9.17) is 5.73 Å². The zero-order chi connectivity index (χ0) is 10.6. The van der Waals surface area contributed by atoms with Gasteiger partial charge in [0.2, 0.25) is 0 Å². The molecule has 15 heavy (non-hydrogen) atoms. The third-order valence-corrected chi connectivity index (χ3v) is 3.26. The Morgan fingerprint density at radius 3 is 2.67 bits per heavy atom. The zero-order valence-corrected chi connectivity index (χ0v) is 11.2. The molecule has 0 bridgehead atoms. The largest absolute Gasteiger partial charge is 0.375 e. The topological polar surface area (TPSA) is 50.9 Å². The van der Waals surface area contributed by atoms with Crippen LogP contribution in [0, 0.1) is 5.41 Å². The Morgan fingerprint density at radius 2 is 2.20 bits per heavy atom. The minimum Gasteiger partial charge on any atom is -0.375 e. The molecule has 1 heterocycles. The highest BCUT2D eigenvalue weighted by atomic mass is 35.5. The van der Waals surface area contributed by atoms with Crippen molar-refractivity contribution in [3.05, 3.63) is 11.1 Å². The van der Waals surface area contributed by atoms with E-state index in [2.05, 4.69) is 31.1 Å². The lowest BCUT2D eigenvalue weighted by atomic mass is 9.90. The van der Waals surface area contributed by atoms with Crippen LogP contribution in [0.15, 0.2) is 6.20 Å². The van der Waals surface area contributed by atoms with Crippen LogP contribution >= 0.6 is 23.7 Å². The van der Waals surface area contributed by atoms with Crippen LogP contribution in [0.3, 0.4) is 0 Å². The third kappa shape index (κ3) is 5.35. The lowest BCUT2D eigenvalue weighted by Crippen LogP contribution is -2.28. The number of nitrogens with one attached hydrogen (secondary N) is 1. The Bertz CT molecular complexity index is 286. The molecule has 3 nitrogen and oxygen atoms in total. The van der Waals surface area contributed by atoms with Gasteiger partial charge in [0.05, 0.1) is 0 Å². The summed E-state index contributed by atoms with van der Waals surface area (Å²) >= 11 is 1.55. The summed E-state index contributed by atoms with van der Waals surface area (Å²) in [5.41, 5.74) is 5.91. The number of rotatable bonds is 5. The molecular weight excluding hydrogens is 230 g/mol. The van der Waals surface area contributed by atoms with Gasteiger partial charge in [-0.15, -0.1) is 23.7 Å². The molecule has 0 aliphatic rings. The molecule has 0 amide bonds. The van der Waals surface area contributed by atoms with Gasteiger partial charge in [0, 0.05) is 24.2 Å². The lowest BCUT2D eigenvalue weighted by Gasteiger charge is -2.22. The number of nitrogens with two attached hydrogens (primary N) is 1. The summed E-state index contributed by atoms with van der Waals surface area (Å²) in [6.07, 6.45) is 3.02. The molecule has 1 aromatic heterocycles. The molecule has 0 saturated carbocycles. The van der Waals surface area contributed by atoms with Crippen molar-refractivity contribution in [3.8, 4) is 0 Å². The summed E-state index contributed by atoms with van der Waals surface area (Å²) in [4.78, 5) is 5.21. The van der Waals surface area contributed by atoms with Gasteiger partial charge < -0.3 is 11.1 Å². The van der Waals surface area contributed by atoms with Crippen LogP contribution in [0.5, 0.6) is 0 Å². The van der Waals surface area contributed by atoms with Crippen molar-refractivity contribution in [2.75, 3.05) is 12.3 Å². The molecular formula is C10H20ClN3S. The van der Waals surface area contributed by atoms with E-state index >= 15 is 0 Å². The second-order valence-corrected chi connectivity index (χ2v) is 5.43. The van der Waals surface area contributed by atoms with E-state index in [1.165, 1.54) is 11.3 Å². The molecule has 1 aromatic rings. The van der Waals surface area contributed by atoms with E-state index in [1.54, 1.807) is 11.3 Å². The van der Waals surface area contributed by atoms with E-state index in [1.807, 2.05) is 6.20 Å². The first kappa shape index (κ1) is 14.7. The van der Waals surface area contributed by atoms with E-state index in [-0.39, 0.29) is 12.4 Å². The van der Waals surface area contributed by atoms with Gasteiger partial charge in [-0.1, -0.05) is 20.8 Å². The molecule has 0 spiro atoms. The molecule has 0 radical (unpaired) electrons. The molecule has 0 atom stereocenters. The first-order valence-corrected chi connectivity index (χ1v) is 5.76. The molecule has 88 valence electrons. The van der Waals surface area contributed by atoms with Gasteiger partial charge in [0.1, 0.15) is 0 Å². The highest BCUT2D eigenvalue weighted by Crippen LogP contribution is 2.19. The fraction of sp³-hybridized carbons (Fsp3) is 0.700. The number of nitrogen functional groups attached to an aromatic ring is 1. The van der Waals surface area contributed by atoms with Crippen LogP contribution in [0.2, 0.25) is 0 Å². The third-order valence-electron chi connectivity index (χ3n) is 2.43. The maximum atomic E-state index is 5.54. The standard InChI is InChI=1S/C10H19N3S.ClH/c1-4-10(2,3)7-12-5-8-6-13-9(11)14-8;/h6,12H,4-5,7H2,1-3H3,(H2,11,13);1H. The maximum Gasteiger partial charge on any atom is 0.180 e. The SMILES string of the molecule is CCC(C)(C)CNCc1cnc(N)s1.Cl. The maximum absolute atomic E-state index is 5.54. The lowest BCUT2D eigenvalue weighted by molar-refractivity contribution is 0.328. The predicted octanol–water partition coefficient (Wildman–Crippen LogP) is 2.67. The first-order chi connectivity index (χ1) is 6.53.